The van der Waals surface area contributed by atoms with Crippen LogP contribution in [-0.4, -0.2) is 43.2 Å². The number of nitrogens with zero attached hydrogens (tertiary/aromatic N) is 5. The number of hydrogen-bond donors (Lipinski definition) is 1. The average molecular weight is 467 g/mol. The number of benzene rings is 1. The van der Waals surface area contributed by atoms with Gasteiger partial charge in [-0.2, -0.15) is 0 Å². The number of pyridine rings is 1. The van der Waals surface area contributed by atoms with E-state index in [9.17, 15) is 4.79 Å². The molecule has 1 aliphatic rings. The molecule has 0 aliphatic heterocycles. The molecule has 184 valence electrons. The minimum Gasteiger partial charge on any atom is -0.497 e. The first-order chi connectivity index (χ1) is 16.2. The maximum absolute atomic E-state index is 13.2. The molecule has 0 radical (unpaired) electrons. The number of aromatic amines is 1. The third-order valence-electron chi connectivity index (χ3n) is 6.91. The number of fused-ring (bicyclic) bond motifs is 1. The van der Waals surface area contributed by atoms with Gasteiger partial charge in [-0.15, -0.1) is 5.10 Å². The van der Waals surface area contributed by atoms with Crippen LogP contribution in [0.2, 0.25) is 0 Å². The summed E-state index contributed by atoms with van der Waals surface area (Å²) in [7, 11) is 1.66. The Kier molecular flexibility index (Phi) is 7.07. The molecule has 0 spiro atoms. The lowest BCUT2D eigenvalue weighted by atomic mass is 9.90. The van der Waals surface area contributed by atoms with Crippen LogP contribution in [0, 0.1) is 5.92 Å². The summed E-state index contributed by atoms with van der Waals surface area (Å²) in [5, 5.41) is 13.9. The van der Waals surface area contributed by atoms with Crippen molar-refractivity contribution < 1.29 is 4.74 Å². The standard InChI is InChI=1S/C26H38N6O2/c1-17(2)23(24-28-29-30-32(24)26(3,4)5)31(20-10-8-7-9-11-20)16-19-14-18-15-21(34-6)12-13-22(18)27-25(19)33/h12-15,17,20,23H,7-11,16H2,1-6H3,(H,27,33). The van der Waals surface area contributed by atoms with E-state index in [2.05, 4.69) is 60.0 Å². The molecule has 1 fully saturated rings. The molecule has 1 N–H and O–H groups in total. The lowest BCUT2D eigenvalue weighted by molar-refractivity contribution is 0.0580. The predicted molar refractivity (Wildman–Crippen MR) is 134 cm³/mol. The highest BCUT2D eigenvalue weighted by atomic mass is 16.5. The highest BCUT2D eigenvalue weighted by molar-refractivity contribution is 5.80. The van der Waals surface area contributed by atoms with Crippen LogP contribution < -0.4 is 10.3 Å². The Labute approximate surface area is 201 Å². The van der Waals surface area contributed by atoms with Gasteiger partial charge in [-0.1, -0.05) is 33.1 Å². The fourth-order valence-corrected chi connectivity index (χ4v) is 5.22. The van der Waals surface area contributed by atoms with Crippen LogP contribution in [0.5, 0.6) is 5.75 Å². The first-order valence-electron chi connectivity index (χ1n) is 12.4. The van der Waals surface area contributed by atoms with Crippen molar-refractivity contribution in [2.24, 2.45) is 5.92 Å². The van der Waals surface area contributed by atoms with E-state index < -0.39 is 0 Å². The quantitative estimate of drug-likeness (QED) is 0.537. The predicted octanol–water partition coefficient (Wildman–Crippen LogP) is 4.81. The Bertz CT molecular complexity index is 1170. The molecule has 8 heteroatoms. The first-order valence-corrected chi connectivity index (χ1v) is 12.4. The normalized spacial score (nSPS) is 16.5. The van der Waals surface area contributed by atoms with Crippen LogP contribution in [0.15, 0.2) is 29.1 Å². The highest BCUT2D eigenvalue weighted by Crippen LogP contribution is 2.36. The lowest BCUT2D eigenvalue weighted by Crippen LogP contribution is -2.44. The molecule has 1 aromatic carbocycles. The van der Waals surface area contributed by atoms with Gasteiger partial charge in [-0.25, -0.2) is 4.68 Å². The zero-order valence-electron chi connectivity index (χ0n) is 21.3. The second-order valence-corrected chi connectivity index (χ2v) is 10.8. The maximum Gasteiger partial charge on any atom is 0.252 e. The lowest BCUT2D eigenvalue weighted by Gasteiger charge is -2.41. The molecule has 34 heavy (non-hydrogen) atoms. The van der Waals surface area contributed by atoms with Crippen LogP contribution in [0.1, 0.15) is 84.2 Å². The van der Waals surface area contributed by atoms with E-state index in [-0.39, 0.29) is 23.1 Å². The average Bonchev–Trinajstić information content (AvgIpc) is 3.29. The van der Waals surface area contributed by atoms with Crippen molar-refractivity contribution in [2.45, 2.75) is 90.9 Å². The van der Waals surface area contributed by atoms with Crippen LogP contribution in [0.4, 0.5) is 0 Å². The second kappa shape index (κ2) is 9.86. The largest absolute Gasteiger partial charge is 0.497 e. The molecular weight excluding hydrogens is 428 g/mol. The van der Waals surface area contributed by atoms with E-state index >= 15 is 0 Å². The van der Waals surface area contributed by atoms with Crippen molar-refractivity contribution in [3.8, 4) is 5.75 Å². The first kappa shape index (κ1) is 24.4. The van der Waals surface area contributed by atoms with E-state index in [0.29, 0.717) is 12.6 Å². The minimum absolute atomic E-state index is 0.00210. The van der Waals surface area contributed by atoms with Crippen LogP contribution in [0.3, 0.4) is 0 Å². The molecule has 8 nitrogen and oxygen atoms in total. The SMILES string of the molecule is COc1ccc2[nH]c(=O)c(CN(C3CCCCC3)C(c3nnnn3C(C)(C)C)C(C)C)cc2c1. The van der Waals surface area contributed by atoms with Crippen molar-refractivity contribution in [1.29, 1.82) is 0 Å². The number of hydrogen-bond acceptors (Lipinski definition) is 6. The Morgan fingerprint density at radius 2 is 1.91 bits per heavy atom. The molecule has 0 bridgehead atoms. The Balaban J connectivity index is 1.79. The fourth-order valence-electron chi connectivity index (χ4n) is 5.22. The number of ether oxygens (including phenoxy) is 1. The Morgan fingerprint density at radius 1 is 1.18 bits per heavy atom. The number of H-pyrrole nitrogens is 1. The second-order valence-electron chi connectivity index (χ2n) is 10.8. The summed E-state index contributed by atoms with van der Waals surface area (Å²) in [6.45, 7) is 11.4. The number of nitrogens with one attached hydrogen (secondary N) is 1. The van der Waals surface area contributed by atoms with Crippen molar-refractivity contribution in [2.75, 3.05) is 7.11 Å². The van der Waals surface area contributed by atoms with E-state index in [1.165, 1.54) is 19.3 Å². The van der Waals surface area contributed by atoms with E-state index in [4.69, 9.17) is 4.74 Å². The summed E-state index contributed by atoms with van der Waals surface area (Å²) in [6.07, 6.45) is 5.94. The van der Waals surface area contributed by atoms with Crippen LogP contribution in [0.25, 0.3) is 10.9 Å². The van der Waals surface area contributed by atoms with Gasteiger partial charge in [0.05, 0.1) is 18.7 Å². The zero-order chi connectivity index (χ0) is 24.5. The topological polar surface area (TPSA) is 88.9 Å². The molecule has 2 aromatic heterocycles. The van der Waals surface area contributed by atoms with Gasteiger partial charge in [0.2, 0.25) is 0 Å². The van der Waals surface area contributed by atoms with Crippen molar-refractivity contribution in [1.82, 2.24) is 30.1 Å². The van der Waals surface area contributed by atoms with Gasteiger partial charge in [-0.3, -0.25) is 9.69 Å². The molecule has 2 heterocycles. The summed E-state index contributed by atoms with van der Waals surface area (Å²) in [5.41, 5.74) is 1.29. The Morgan fingerprint density at radius 3 is 2.56 bits per heavy atom. The highest BCUT2D eigenvalue weighted by Gasteiger charge is 2.36. The number of aromatic nitrogens is 5. The zero-order valence-corrected chi connectivity index (χ0v) is 21.3. The van der Waals surface area contributed by atoms with E-state index in [1.807, 2.05) is 28.9 Å². The van der Waals surface area contributed by atoms with Gasteiger partial charge >= 0.3 is 0 Å². The van der Waals surface area contributed by atoms with Gasteiger partial charge < -0.3 is 9.72 Å². The third kappa shape index (κ3) is 5.02. The smallest absolute Gasteiger partial charge is 0.252 e. The molecule has 1 atom stereocenters. The molecular formula is C26H38N6O2. The van der Waals surface area contributed by atoms with Gasteiger partial charge in [0.1, 0.15) is 5.75 Å². The molecule has 1 saturated carbocycles. The summed E-state index contributed by atoms with van der Waals surface area (Å²) in [5.74, 6) is 1.92. The third-order valence-corrected chi connectivity index (χ3v) is 6.91. The van der Waals surface area contributed by atoms with Gasteiger partial charge in [-0.05, 0) is 74.2 Å². The van der Waals surface area contributed by atoms with E-state index in [1.54, 1.807) is 7.11 Å². The molecule has 0 amide bonds. The summed E-state index contributed by atoms with van der Waals surface area (Å²) >= 11 is 0. The number of methoxy groups -OCH3 is 1. The molecule has 1 unspecified atom stereocenters. The van der Waals surface area contributed by atoms with Gasteiger partial charge in [0.15, 0.2) is 5.82 Å². The minimum atomic E-state index is -0.235. The summed E-state index contributed by atoms with van der Waals surface area (Å²) < 4.78 is 7.35. The summed E-state index contributed by atoms with van der Waals surface area (Å²) in [4.78, 5) is 18.7. The Hall–Kier alpha value is -2.74. The molecule has 4 rings (SSSR count). The summed E-state index contributed by atoms with van der Waals surface area (Å²) in [6, 6.07) is 8.13. The van der Waals surface area contributed by atoms with Gasteiger partial charge in [0, 0.05) is 29.1 Å². The monoisotopic (exact) mass is 466 g/mol. The van der Waals surface area contributed by atoms with Gasteiger partial charge in [0.25, 0.3) is 5.56 Å². The molecule has 1 aliphatic carbocycles. The van der Waals surface area contributed by atoms with Crippen LogP contribution in [-0.2, 0) is 12.1 Å². The van der Waals surface area contributed by atoms with Crippen LogP contribution >= 0.6 is 0 Å². The van der Waals surface area contributed by atoms with E-state index in [0.717, 1.165) is 40.9 Å². The number of rotatable bonds is 7. The van der Waals surface area contributed by atoms with Crippen molar-refractivity contribution >= 4 is 10.9 Å². The van der Waals surface area contributed by atoms with Crippen molar-refractivity contribution in [3.63, 3.8) is 0 Å². The molecule has 3 aromatic rings. The fraction of sp³-hybridized carbons (Fsp3) is 0.615. The molecule has 0 saturated heterocycles. The number of tetrazole rings is 1. The maximum atomic E-state index is 13.2. The van der Waals surface area contributed by atoms with Crippen molar-refractivity contribution in [3.05, 3.63) is 46.0 Å².